The number of rotatable bonds is 24. The first-order valence-corrected chi connectivity index (χ1v) is 16.1. The van der Waals surface area contributed by atoms with Crippen molar-refractivity contribution >= 4 is 11.9 Å². The number of ether oxygens (including phenoxy) is 2. The zero-order valence-electron chi connectivity index (χ0n) is 24.8. The molecule has 4 heteroatoms. The van der Waals surface area contributed by atoms with Gasteiger partial charge in [0.05, 0.1) is 25.0 Å². The summed E-state index contributed by atoms with van der Waals surface area (Å²) in [6, 6.07) is 0. The quantitative estimate of drug-likeness (QED) is 0.0722. The van der Waals surface area contributed by atoms with Gasteiger partial charge in [-0.3, -0.25) is 9.59 Å². The maximum Gasteiger partial charge on any atom is 0.310 e. The van der Waals surface area contributed by atoms with Gasteiger partial charge in [0.25, 0.3) is 0 Å². The lowest BCUT2D eigenvalue weighted by molar-refractivity contribution is -0.162. The lowest BCUT2D eigenvalue weighted by atomic mass is 9.76. The molecule has 3 unspecified atom stereocenters. The van der Waals surface area contributed by atoms with Crippen LogP contribution in [0.4, 0.5) is 0 Å². The Morgan fingerprint density at radius 3 is 1.41 bits per heavy atom. The van der Waals surface area contributed by atoms with Gasteiger partial charge in [0, 0.05) is 0 Å². The van der Waals surface area contributed by atoms with Crippen LogP contribution in [0.1, 0.15) is 156 Å². The molecular weight excluding hydrogens is 460 g/mol. The van der Waals surface area contributed by atoms with Crippen molar-refractivity contribution in [3.8, 4) is 0 Å². The fourth-order valence-corrected chi connectivity index (χ4v) is 5.42. The maximum absolute atomic E-state index is 12.9. The summed E-state index contributed by atoms with van der Waals surface area (Å²) in [7, 11) is 0. The van der Waals surface area contributed by atoms with E-state index in [1.54, 1.807) is 0 Å². The lowest BCUT2D eigenvalue weighted by Crippen LogP contribution is -2.38. The van der Waals surface area contributed by atoms with Gasteiger partial charge in [0.1, 0.15) is 0 Å². The highest BCUT2D eigenvalue weighted by Crippen LogP contribution is 2.32. The van der Waals surface area contributed by atoms with Gasteiger partial charge >= 0.3 is 11.9 Å². The predicted molar refractivity (Wildman–Crippen MR) is 156 cm³/mol. The van der Waals surface area contributed by atoms with Crippen LogP contribution < -0.4 is 0 Å². The minimum absolute atomic E-state index is 0.00355. The third-order valence-corrected chi connectivity index (χ3v) is 7.89. The van der Waals surface area contributed by atoms with Gasteiger partial charge in [0.15, 0.2) is 0 Å². The Hall–Kier alpha value is -1.32. The van der Waals surface area contributed by atoms with Crippen LogP contribution in [0.15, 0.2) is 12.2 Å². The normalized spacial score (nSPS) is 19.2. The Bertz CT molecular complexity index is 585. The van der Waals surface area contributed by atoms with Crippen molar-refractivity contribution in [1.82, 2.24) is 0 Å². The molecule has 0 fully saturated rings. The molecule has 0 saturated heterocycles. The molecule has 1 aliphatic rings. The third-order valence-electron chi connectivity index (χ3n) is 7.89. The summed E-state index contributed by atoms with van der Waals surface area (Å²) in [6.07, 6.45) is 29.7. The Kier molecular flexibility index (Phi) is 21.7. The Morgan fingerprint density at radius 1 is 0.595 bits per heavy atom. The molecule has 37 heavy (non-hydrogen) atoms. The van der Waals surface area contributed by atoms with Crippen molar-refractivity contribution in [2.45, 2.75) is 156 Å². The van der Waals surface area contributed by atoms with Gasteiger partial charge in [0.2, 0.25) is 0 Å². The number of unbranched alkanes of at least 4 members (excludes halogenated alkanes) is 18. The third kappa shape index (κ3) is 17.0. The number of allylic oxidation sites excluding steroid dienone is 2. The van der Waals surface area contributed by atoms with E-state index < -0.39 is 11.8 Å². The van der Waals surface area contributed by atoms with Gasteiger partial charge < -0.3 is 9.47 Å². The minimum Gasteiger partial charge on any atom is -0.465 e. The van der Waals surface area contributed by atoms with E-state index in [-0.39, 0.29) is 17.9 Å². The highest BCUT2D eigenvalue weighted by atomic mass is 16.5. The summed E-state index contributed by atoms with van der Waals surface area (Å²) >= 11 is 0. The number of esters is 2. The van der Waals surface area contributed by atoms with Crippen LogP contribution >= 0.6 is 0 Å². The van der Waals surface area contributed by atoms with E-state index >= 15 is 0 Å². The number of carbonyl (C=O) groups excluding carboxylic acids is 2. The predicted octanol–water partition coefficient (Wildman–Crippen LogP) is 9.74. The maximum atomic E-state index is 12.9. The molecule has 1 rings (SSSR count). The monoisotopic (exact) mass is 520 g/mol. The van der Waals surface area contributed by atoms with Crippen molar-refractivity contribution in [3.63, 3.8) is 0 Å². The number of hydrogen-bond acceptors (Lipinski definition) is 4. The summed E-state index contributed by atoms with van der Waals surface area (Å²) < 4.78 is 11.2. The minimum atomic E-state index is -0.423. The molecule has 0 heterocycles. The van der Waals surface area contributed by atoms with Gasteiger partial charge in [-0.15, -0.1) is 0 Å². The first-order valence-electron chi connectivity index (χ1n) is 16.1. The largest absolute Gasteiger partial charge is 0.465 e. The van der Waals surface area contributed by atoms with E-state index in [9.17, 15) is 9.59 Å². The zero-order valence-corrected chi connectivity index (χ0v) is 24.8. The average molecular weight is 521 g/mol. The zero-order chi connectivity index (χ0) is 27.0. The topological polar surface area (TPSA) is 52.6 Å². The van der Waals surface area contributed by atoms with E-state index in [1.165, 1.54) is 103 Å². The summed E-state index contributed by atoms with van der Waals surface area (Å²) in [5, 5.41) is 0. The molecule has 3 atom stereocenters. The molecule has 0 spiro atoms. The molecule has 1 aliphatic carbocycles. The Balaban J connectivity index is 2.17. The van der Waals surface area contributed by atoms with Crippen molar-refractivity contribution in [1.29, 1.82) is 0 Å². The second kappa shape index (κ2) is 23.8. The Morgan fingerprint density at radius 2 is 0.973 bits per heavy atom. The Labute approximate surface area is 229 Å². The summed E-state index contributed by atoms with van der Waals surface area (Å²) in [6.45, 7) is 7.44. The molecular formula is C33H60O4. The molecule has 0 bridgehead atoms. The molecule has 0 N–H and O–H groups in total. The highest BCUT2D eigenvalue weighted by molar-refractivity contribution is 5.83. The molecule has 0 radical (unpaired) electrons. The lowest BCUT2D eigenvalue weighted by Gasteiger charge is -2.30. The van der Waals surface area contributed by atoms with E-state index in [4.69, 9.17) is 9.47 Å². The molecule has 0 aromatic heterocycles. The van der Waals surface area contributed by atoms with Gasteiger partial charge in [-0.05, 0) is 25.2 Å². The van der Waals surface area contributed by atoms with Crippen LogP contribution in [-0.4, -0.2) is 25.2 Å². The molecule has 0 aromatic carbocycles. The highest BCUT2D eigenvalue weighted by Gasteiger charge is 2.40. The van der Waals surface area contributed by atoms with Crippen LogP contribution in [0.3, 0.4) is 0 Å². The van der Waals surface area contributed by atoms with Gasteiger partial charge in [-0.2, -0.15) is 0 Å². The van der Waals surface area contributed by atoms with E-state index in [0.717, 1.165) is 25.7 Å². The van der Waals surface area contributed by atoms with Gasteiger partial charge in [-0.1, -0.05) is 148 Å². The van der Waals surface area contributed by atoms with E-state index in [0.29, 0.717) is 19.6 Å². The van der Waals surface area contributed by atoms with Crippen LogP contribution in [-0.2, 0) is 19.1 Å². The second-order valence-electron chi connectivity index (χ2n) is 11.4. The van der Waals surface area contributed by atoms with Crippen molar-refractivity contribution in [2.24, 2.45) is 17.8 Å². The molecule has 0 aromatic rings. The standard InChI is InChI=1S/C33H60O4/c1-4-6-8-10-12-14-16-18-20-22-27-36-32(34)30-26-24-25-29(3)31(30)33(35)37-28-23-21-19-17-15-13-11-9-7-5-2/h24-25,29-31H,4-23,26-28H2,1-3H3. The molecule has 0 amide bonds. The van der Waals surface area contributed by atoms with Crippen LogP contribution in [0, 0.1) is 17.8 Å². The smallest absolute Gasteiger partial charge is 0.310 e. The summed E-state index contributed by atoms with van der Waals surface area (Å²) in [4.78, 5) is 25.7. The van der Waals surface area contributed by atoms with Crippen LogP contribution in [0.5, 0.6) is 0 Å². The van der Waals surface area contributed by atoms with Crippen molar-refractivity contribution < 1.29 is 19.1 Å². The fraction of sp³-hybridized carbons (Fsp3) is 0.879. The molecule has 4 nitrogen and oxygen atoms in total. The van der Waals surface area contributed by atoms with Gasteiger partial charge in [-0.25, -0.2) is 0 Å². The fourth-order valence-electron chi connectivity index (χ4n) is 5.42. The van der Waals surface area contributed by atoms with E-state index in [2.05, 4.69) is 13.8 Å². The summed E-state index contributed by atoms with van der Waals surface area (Å²) in [5.41, 5.74) is 0. The molecule has 0 aliphatic heterocycles. The second-order valence-corrected chi connectivity index (χ2v) is 11.4. The first-order chi connectivity index (χ1) is 18.1. The molecule has 0 saturated carbocycles. The average Bonchev–Trinajstić information content (AvgIpc) is 2.90. The summed E-state index contributed by atoms with van der Waals surface area (Å²) in [5.74, 6) is -1.29. The molecule has 216 valence electrons. The van der Waals surface area contributed by atoms with Crippen LogP contribution in [0.2, 0.25) is 0 Å². The number of hydrogen-bond donors (Lipinski definition) is 0. The van der Waals surface area contributed by atoms with Crippen molar-refractivity contribution in [3.05, 3.63) is 12.2 Å². The van der Waals surface area contributed by atoms with E-state index in [1.807, 2.05) is 19.1 Å². The first kappa shape index (κ1) is 33.7. The SMILES string of the molecule is CCCCCCCCCCCCOC(=O)C1CC=CC(C)C1C(=O)OCCCCCCCCCCCC. The number of carbonyl (C=O) groups is 2. The van der Waals surface area contributed by atoms with Crippen LogP contribution in [0.25, 0.3) is 0 Å². The van der Waals surface area contributed by atoms with Crippen molar-refractivity contribution in [2.75, 3.05) is 13.2 Å².